The summed E-state index contributed by atoms with van der Waals surface area (Å²) in [5.74, 6) is 0. The molecule has 0 fully saturated rings. The van der Waals surface area contributed by atoms with Gasteiger partial charge in [-0.05, 0) is 0 Å². The van der Waals surface area contributed by atoms with Crippen LogP contribution < -0.4 is 7.16 Å². The maximum atomic E-state index is 7.50. The monoisotopic (exact) mass is 622 g/mol. The molecule has 1 radical (unpaired) electrons. The molecule has 0 heterocycles. The molecule has 131 valence electrons. The Hall–Kier alpha value is -1.50. The van der Waals surface area contributed by atoms with Crippen molar-refractivity contribution in [3.8, 4) is 0 Å². The van der Waals surface area contributed by atoms with Crippen molar-refractivity contribution < 1.29 is 35.0 Å². The maximum Gasteiger partial charge on any atom is 0 e. The van der Waals surface area contributed by atoms with Crippen molar-refractivity contribution in [1.29, 1.82) is 0 Å². The fourth-order valence-electron chi connectivity index (χ4n) is 1.86. The molecule has 3 nitrogen and oxygen atoms in total. The molecule has 0 aliphatic rings. The molecule has 0 amide bonds. The number of hydrogen-bond acceptors (Lipinski definition) is 0. The molecule has 0 N–H and O–H groups in total. The van der Waals surface area contributed by atoms with Crippen molar-refractivity contribution in [1.82, 2.24) is 0 Å². The van der Waals surface area contributed by atoms with Gasteiger partial charge >= 0.3 is 126 Å². The molecule has 5 heteroatoms. The summed E-state index contributed by atoms with van der Waals surface area (Å²) in [5, 5.41) is 0. The van der Waals surface area contributed by atoms with Gasteiger partial charge in [0.2, 0.25) is 0 Å². The van der Waals surface area contributed by atoms with Crippen LogP contribution in [-0.4, -0.2) is 19.8 Å². The third-order valence-electron chi connectivity index (χ3n) is 2.97. The predicted molar refractivity (Wildman–Crippen MR) is 97.6 cm³/mol. The van der Waals surface area contributed by atoms with Crippen LogP contribution in [0, 0.1) is 20.0 Å². The van der Waals surface area contributed by atoms with E-state index in [1.165, 1.54) is 0 Å². The molecule has 0 spiro atoms. The van der Waals surface area contributed by atoms with Crippen molar-refractivity contribution >= 4 is 26.9 Å². The van der Waals surface area contributed by atoms with Crippen molar-refractivity contribution in [2.75, 3.05) is 0 Å². The topological polar surface area (TPSA) is 59.7 Å². The molecule has 0 aliphatic heterocycles. The average molecular weight is 621 g/mol. The van der Waals surface area contributed by atoms with Crippen LogP contribution in [0.3, 0.4) is 0 Å². The van der Waals surface area contributed by atoms with E-state index in [1.807, 2.05) is 30.3 Å². The van der Waals surface area contributed by atoms with Crippen LogP contribution in [0.15, 0.2) is 91.0 Å². The van der Waals surface area contributed by atoms with Gasteiger partial charge in [-0.2, -0.15) is 18.2 Å². The molecule has 0 aromatic heterocycles. The zero-order valence-electron chi connectivity index (χ0n) is 14.3. The number of rotatable bonds is 2. The van der Waals surface area contributed by atoms with E-state index in [9.17, 15) is 0 Å². The van der Waals surface area contributed by atoms with E-state index >= 15 is 0 Å². The first-order valence-corrected chi connectivity index (χ1v) is 12.8. The summed E-state index contributed by atoms with van der Waals surface area (Å²) in [4.78, 5) is 2.44. The molecular weight excluding hydrogens is 603 g/mol. The Kier molecular flexibility index (Phi) is 26.4. The average Bonchev–Trinajstić information content (AvgIpc) is 3.33. The molecule has 0 unspecified atom stereocenters. The largest absolute Gasteiger partial charge is 0.214 e. The van der Waals surface area contributed by atoms with Crippen LogP contribution >= 0.6 is 0 Å². The first-order chi connectivity index (χ1) is 12.4. The third kappa shape index (κ3) is 13.8. The molecule has 3 aromatic rings. The third-order valence-corrected chi connectivity index (χ3v) is 9.82. The quantitative estimate of drug-likeness (QED) is 0.240. The Balaban J connectivity index is -0.000000371. The minimum atomic E-state index is -1.50. The van der Waals surface area contributed by atoms with Crippen LogP contribution in [0.4, 0.5) is 0 Å². The second kappa shape index (κ2) is 23.5. The van der Waals surface area contributed by atoms with Gasteiger partial charge in [0.05, 0.1) is 0 Å². The maximum absolute atomic E-state index is 7.50. The number of benzene rings is 2. The van der Waals surface area contributed by atoms with Crippen molar-refractivity contribution in [2.45, 2.75) is 4.94 Å². The minimum absolute atomic E-state index is 0. The Labute approximate surface area is 177 Å². The molecule has 0 saturated heterocycles. The molecule has 0 aliphatic carbocycles. The van der Waals surface area contributed by atoms with Crippen LogP contribution in [-0.2, 0) is 35.0 Å². The van der Waals surface area contributed by atoms with Gasteiger partial charge in [0.1, 0.15) is 0 Å². The fraction of sp³-hybridized carbons (Fsp3) is 0.0476. The van der Waals surface area contributed by atoms with E-state index in [4.69, 9.17) is 14.0 Å². The zero-order chi connectivity index (χ0) is 19.3. The van der Waals surface area contributed by atoms with Crippen LogP contribution in [0.5, 0.6) is 0 Å². The number of hydrogen-bond donors (Lipinski definition) is 0. The van der Waals surface area contributed by atoms with Gasteiger partial charge in [-0.1, -0.05) is 0 Å². The normalized spacial score (nSPS) is 7.38. The van der Waals surface area contributed by atoms with E-state index in [-0.39, 0.29) is 21.1 Å². The Bertz CT molecular complexity index is 607. The van der Waals surface area contributed by atoms with Crippen molar-refractivity contribution in [3.05, 3.63) is 111 Å². The summed E-state index contributed by atoms with van der Waals surface area (Å²) >= 11 is -1.50. The van der Waals surface area contributed by atoms with E-state index in [2.05, 4.69) is 85.6 Å². The van der Waals surface area contributed by atoms with Gasteiger partial charge in [0.15, 0.2) is 0 Å². The van der Waals surface area contributed by atoms with Gasteiger partial charge in [-0.3, -0.25) is 0 Å². The molecule has 3 rings (SSSR count). The van der Waals surface area contributed by atoms with Gasteiger partial charge in [-0.25, -0.2) is 12.1 Å². The summed E-state index contributed by atoms with van der Waals surface area (Å²) < 4.78 is 25.6. The van der Waals surface area contributed by atoms with Gasteiger partial charge in [-0.15, -0.1) is 0 Å². The summed E-state index contributed by atoms with van der Waals surface area (Å²) in [6, 6.07) is 31.8. The Morgan fingerprint density at radius 2 is 0.923 bits per heavy atom. The Morgan fingerprint density at radius 1 is 0.615 bits per heavy atom. The van der Waals surface area contributed by atoms with Crippen LogP contribution in [0.2, 0.25) is 4.94 Å². The minimum Gasteiger partial charge on any atom is -0.214 e. The standard InChI is InChI=1S/2C6H5.C5H5.3CO.CH3.Sn.W/c2*1-2-4-6-5-3-1;1-2-4-5-3-1;3*1-2;;;/h2*1-5H;1-5H;;;;1H3;;/q;;-1;;;;;;. The zero-order valence-corrected chi connectivity index (χ0v) is 20.1. The SMILES string of the molecule is [C-]#[O+].[C-]#[O+].[C-]#[O+].[CH3][Sn]([c]1ccccc1)[c]1ccccc1.[W].c1cc[cH-]c1. The summed E-state index contributed by atoms with van der Waals surface area (Å²) in [7, 11) is 0. The van der Waals surface area contributed by atoms with Gasteiger partial charge in [0.25, 0.3) is 0 Å². The second-order valence-corrected chi connectivity index (χ2v) is 11.2. The first-order valence-electron chi connectivity index (χ1n) is 7.10. The van der Waals surface area contributed by atoms with Crippen LogP contribution in [0.1, 0.15) is 0 Å². The molecule has 3 aromatic carbocycles. The summed E-state index contributed by atoms with van der Waals surface area (Å²) in [6.45, 7) is 13.5. The van der Waals surface area contributed by atoms with Crippen LogP contribution in [0.25, 0.3) is 0 Å². The predicted octanol–water partition coefficient (Wildman–Crippen LogP) is 3.22. The van der Waals surface area contributed by atoms with E-state index in [0.717, 1.165) is 0 Å². The summed E-state index contributed by atoms with van der Waals surface area (Å²) in [6.07, 6.45) is 0. The van der Waals surface area contributed by atoms with E-state index in [0.29, 0.717) is 0 Å². The van der Waals surface area contributed by atoms with E-state index in [1.54, 1.807) is 7.16 Å². The second-order valence-electron chi connectivity index (χ2n) is 4.32. The van der Waals surface area contributed by atoms with Crippen molar-refractivity contribution in [2.24, 2.45) is 0 Å². The van der Waals surface area contributed by atoms with Crippen molar-refractivity contribution in [3.63, 3.8) is 0 Å². The molecule has 0 saturated carbocycles. The van der Waals surface area contributed by atoms with E-state index < -0.39 is 19.8 Å². The molecular formula is C21H18O3SnW-. The Morgan fingerprint density at radius 3 is 1.15 bits per heavy atom. The van der Waals surface area contributed by atoms with Gasteiger partial charge < -0.3 is 0 Å². The molecule has 26 heavy (non-hydrogen) atoms. The van der Waals surface area contributed by atoms with Gasteiger partial charge in [0, 0.05) is 21.1 Å². The molecule has 0 atom stereocenters. The fourth-order valence-corrected chi connectivity index (χ4v) is 6.77. The smallest absolute Gasteiger partial charge is 0 e. The summed E-state index contributed by atoms with van der Waals surface area (Å²) in [5.41, 5.74) is 0. The molecule has 0 bridgehead atoms. The first kappa shape index (κ1) is 29.3.